The number of nitriles is 1. The van der Waals surface area contributed by atoms with Crippen molar-refractivity contribution in [1.29, 1.82) is 5.26 Å². The van der Waals surface area contributed by atoms with E-state index in [-0.39, 0.29) is 5.75 Å². The van der Waals surface area contributed by atoms with Crippen LogP contribution < -0.4 is 0 Å². The van der Waals surface area contributed by atoms with Crippen LogP contribution in [0.25, 0.3) is 11.4 Å². The molecule has 9 nitrogen and oxygen atoms in total. The molecule has 0 spiro atoms. The van der Waals surface area contributed by atoms with E-state index in [2.05, 4.69) is 15.0 Å². The van der Waals surface area contributed by atoms with Crippen molar-refractivity contribution in [3.63, 3.8) is 0 Å². The quantitative estimate of drug-likeness (QED) is 0.506. The third-order valence-electron chi connectivity index (χ3n) is 5.67. The Hall–Kier alpha value is -3.55. The lowest BCUT2D eigenvalue weighted by molar-refractivity contribution is -0.130. The first-order chi connectivity index (χ1) is 16.3. The molecule has 34 heavy (non-hydrogen) atoms. The van der Waals surface area contributed by atoms with Crippen LogP contribution in [0.15, 0.2) is 53.1 Å². The second kappa shape index (κ2) is 10.2. The van der Waals surface area contributed by atoms with Gasteiger partial charge in [-0.2, -0.15) is 10.2 Å². The standard InChI is InChI=1S/C24H25N5O4S/c1-18-2-8-21(9-3-18)24-26-22(33-27-24)15-28-10-12-29(13-11-28)23(30)17-34(31,32)16-20-6-4-19(14-25)5-7-20/h2-9H,10-13,15-17H2,1H3. The number of carbonyl (C=O) groups is 1. The first-order valence-corrected chi connectivity index (χ1v) is 12.7. The average molecular weight is 480 g/mol. The summed E-state index contributed by atoms with van der Waals surface area (Å²) < 4.78 is 30.4. The first kappa shape index (κ1) is 23.6. The van der Waals surface area contributed by atoms with Crippen LogP contribution in [-0.4, -0.2) is 66.2 Å². The van der Waals surface area contributed by atoms with Gasteiger partial charge in [0.1, 0.15) is 5.75 Å². The Morgan fingerprint density at radius 3 is 2.38 bits per heavy atom. The molecule has 2 heterocycles. The van der Waals surface area contributed by atoms with Gasteiger partial charge in [0.05, 0.1) is 23.9 Å². The molecule has 176 valence electrons. The van der Waals surface area contributed by atoms with Crippen molar-refractivity contribution in [2.75, 3.05) is 31.9 Å². The van der Waals surface area contributed by atoms with Gasteiger partial charge in [-0.25, -0.2) is 8.42 Å². The van der Waals surface area contributed by atoms with E-state index < -0.39 is 21.5 Å². The summed E-state index contributed by atoms with van der Waals surface area (Å²) in [5, 5.41) is 12.9. The third kappa shape index (κ3) is 6.07. The van der Waals surface area contributed by atoms with Crippen LogP contribution in [0.5, 0.6) is 0 Å². The molecule has 1 aromatic heterocycles. The fourth-order valence-corrected chi connectivity index (χ4v) is 5.11. The van der Waals surface area contributed by atoms with Crippen LogP contribution in [-0.2, 0) is 26.9 Å². The fourth-order valence-electron chi connectivity index (χ4n) is 3.75. The van der Waals surface area contributed by atoms with Gasteiger partial charge in [0.2, 0.25) is 17.6 Å². The van der Waals surface area contributed by atoms with Gasteiger partial charge in [0.25, 0.3) is 0 Å². The highest BCUT2D eigenvalue weighted by molar-refractivity contribution is 7.91. The Morgan fingerprint density at radius 2 is 1.74 bits per heavy atom. The third-order valence-corrected chi connectivity index (χ3v) is 7.13. The minimum absolute atomic E-state index is 0.231. The van der Waals surface area contributed by atoms with Gasteiger partial charge in [-0.3, -0.25) is 9.69 Å². The van der Waals surface area contributed by atoms with E-state index in [0.29, 0.717) is 55.6 Å². The highest BCUT2D eigenvalue weighted by Gasteiger charge is 2.26. The SMILES string of the molecule is Cc1ccc(-c2noc(CN3CCN(C(=O)CS(=O)(=O)Cc4ccc(C#N)cc4)CC3)n2)cc1. The predicted octanol–water partition coefficient (Wildman–Crippen LogP) is 2.18. The molecule has 0 aliphatic carbocycles. The topological polar surface area (TPSA) is 120 Å². The lowest BCUT2D eigenvalue weighted by Crippen LogP contribution is -2.49. The zero-order valence-electron chi connectivity index (χ0n) is 18.8. The summed E-state index contributed by atoms with van der Waals surface area (Å²) in [6.07, 6.45) is 0. The molecule has 0 unspecified atom stereocenters. The summed E-state index contributed by atoms with van der Waals surface area (Å²) in [5.74, 6) is -0.119. The van der Waals surface area contributed by atoms with E-state index in [1.165, 1.54) is 0 Å². The Kier molecular flexibility index (Phi) is 7.05. The second-order valence-corrected chi connectivity index (χ2v) is 10.4. The molecule has 0 saturated carbocycles. The Bertz CT molecular complexity index is 1290. The molecular formula is C24H25N5O4S. The molecule has 10 heteroatoms. The number of aryl methyl sites for hydroxylation is 1. The van der Waals surface area contributed by atoms with Crippen molar-refractivity contribution < 1.29 is 17.7 Å². The summed E-state index contributed by atoms with van der Waals surface area (Å²) in [4.78, 5) is 20.7. The maximum atomic E-state index is 12.6. The summed E-state index contributed by atoms with van der Waals surface area (Å²) in [6.45, 7) is 4.53. The number of aromatic nitrogens is 2. The van der Waals surface area contributed by atoms with Gasteiger partial charge in [-0.15, -0.1) is 0 Å². The molecule has 0 radical (unpaired) electrons. The van der Waals surface area contributed by atoms with E-state index >= 15 is 0 Å². The largest absolute Gasteiger partial charge is 0.339 e. The van der Waals surface area contributed by atoms with Crippen molar-refractivity contribution in [3.05, 3.63) is 71.1 Å². The van der Waals surface area contributed by atoms with Crippen molar-refractivity contribution in [2.24, 2.45) is 0 Å². The van der Waals surface area contributed by atoms with Gasteiger partial charge in [-0.05, 0) is 24.6 Å². The summed E-state index contributed by atoms with van der Waals surface area (Å²) >= 11 is 0. The van der Waals surface area contributed by atoms with Gasteiger partial charge < -0.3 is 9.42 Å². The van der Waals surface area contributed by atoms with Crippen LogP contribution in [0.4, 0.5) is 0 Å². The van der Waals surface area contributed by atoms with Crippen molar-refractivity contribution in [2.45, 2.75) is 19.2 Å². The normalized spacial score (nSPS) is 14.6. The van der Waals surface area contributed by atoms with Crippen molar-refractivity contribution in [1.82, 2.24) is 19.9 Å². The average Bonchev–Trinajstić information content (AvgIpc) is 3.28. The maximum Gasteiger partial charge on any atom is 0.241 e. The Labute approximate surface area is 198 Å². The monoisotopic (exact) mass is 479 g/mol. The lowest BCUT2D eigenvalue weighted by Gasteiger charge is -2.33. The van der Waals surface area contributed by atoms with Crippen molar-refractivity contribution >= 4 is 15.7 Å². The van der Waals surface area contributed by atoms with Gasteiger partial charge >= 0.3 is 0 Å². The molecule has 1 saturated heterocycles. The Balaban J connectivity index is 1.26. The van der Waals surface area contributed by atoms with Gasteiger partial charge in [0.15, 0.2) is 9.84 Å². The number of sulfone groups is 1. The Morgan fingerprint density at radius 1 is 1.06 bits per heavy atom. The molecule has 1 aliphatic heterocycles. The number of piperazine rings is 1. The van der Waals surface area contributed by atoms with E-state index in [0.717, 1.165) is 11.1 Å². The number of rotatable bonds is 7. The molecule has 1 aliphatic rings. The molecule has 2 aromatic carbocycles. The summed E-state index contributed by atoms with van der Waals surface area (Å²) in [6, 6.07) is 16.2. The predicted molar refractivity (Wildman–Crippen MR) is 125 cm³/mol. The highest BCUT2D eigenvalue weighted by Crippen LogP contribution is 2.17. The number of hydrogen-bond acceptors (Lipinski definition) is 8. The van der Waals surface area contributed by atoms with Crippen molar-refractivity contribution in [3.8, 4) is 17.5 Å². The number of hydrogen-bond donors (Lipinski definition) is 0. The lowest BCUT2D eigenvalue weighted by atomic mass is 10.1. The molecule has 0 atom stereocenters. The summed E-state index contributed by atoms with van der Waals surface area (Å²) in [7, 11) is -3.61. The highest BCUT2D eigenvalue weighted by atomic mass is 32.2. The molecule has 4 rings (SSSR count). The van der Waals surface area contributed by atoms with Crippen LogP contribution >= 0.6 is 0 Å². The number of nitrogens with zero attached hydrogens (tertiary/aromatic N) is 5. The summed E-state index contributed by atoms with van der Waals surface area (Å²) in [5.41, 5.74) is 3.06. The molecule has 1 fully saturated rings. The number of carbonyl (C=O) groups excluding carboxylic acids is 1. The van der Waals surface area contributed by atoms with Crippen LogP contribution in [0.1, 0.15) is 22.6 Å². The van der Waals surface area contributed by atoms with Crippen LogP contribution in [0, 0.1) is 18.3 Å². The van der Waals surface area contributed by atoms with E-state index in [9.17, 15) is 13.2 Å². The molecule has 0 bridgehead atoms. The maximum absolute atomic E-state index is 12.6. The van der Waals surface area contributed by atoms with Gasteiger partial charge in [-0.1, -0.05) is 47.1 Å². The van der Waals surface area contributed by atoms with Crippen LogP contribution in [0.3, 0.4) is 0 Å². The minimum atomic E-state index is -3.61. The number of benzene rings is 2. The van der Waals surface area contributed by atoms with Gasteiger partial charge in [0, 0.05) is 31.7 Å². The molecule has 1 amide bonds. The minimum Gasteiger partial charge on any atom is -0.339 e. The molecule has 3 aromatic rings. The fraction of sp³-hybridized carbons (Fsp3) is 0.333. The first-order valence-electron chi connectivity index (χ1n) is 10.9. The zero-order valence-corrected chi connectivity index (χ0v) is 19.7. The van der Waals surface area contributed by atoms with E-state index in [1.54, 1.807) is 29.2 Å². The number of amides is 1. The second-order valence-electron chi connectivity index (χ2n) is 8.38. The van der Waals surface area contributed by atoms with E-state index in [4.69, 9.17) is 9.78 Å². The molecular weight excluding hydrogens is 454 g/mol. The smallest absolute Gasteiger partial charge is 0.241 e. The van der Waals surface area contributed by atoms with Crippen LogP contribution in [0.2, 0.25) is 0 Å². The molecule has 0 N–H and O–H groups in total. The zero-order chi connectivity index (χ0) is 24.1. The van der Waals surface area contributed by atoms with E-state index in [1.807, 2.05) is 37.3 Å².